The molecule has 0 radical (unpaired) electrons. The van der Waals surface area contributed by atoms with Crippen molar-refractivity contribution in [1.82, 2.24) is 9.55 Å². The number of imidazole rings is 1. The molecule has 1 aliphatic heterocycles. The number of amides is 1. The van der Waals surface area contributed by atoms with Crippen molar-refractivity contribution >= 4 is 29.0 Å². The van der Waals surface area contributed by atoms with Gasteiger partial charge in [-0.05, 0) is 51.7 Å². The normalized spacial score (nSPS) is 17.4. The zero-order valence-electron chi connectivity index (χ0n) is 16.9. The molecule has 1 saturated heterocycles. The number of aryl methyl sites for hydroxylation is 1. The van der Waals surface area contributed by atoms with E-state index in [1.807, 2.05) is 18.2 Å². The molecule has 5 nitrogen and oxygen atoms in total. The number of thioether (sulfide) groups is 1. The van der Waals surface area contributed by atoms with Crippen LogP contribution >= 0.6 is 11.8 Å². The quantitative estimate of drug-likeness (QED) is 0.700. The van der Waals surface area contributed by atoms with E-state index in [1.54, 1.807) is 11.8 Å². The largest absolute Gasteiger partial charge is 0.370 e. The van der Waals surface area contributed by atoms with Crippen LogP contribution < -0.4 is 10.2 Å². The van der Waals surface area contributed by atoms with Gasteiger partial charge in [-0.15, -0.1) is 0 Å². The molecule has 1 aliphatic carbocycles. The number of carbonyl (C=O) groups is 1. The zero-order chi connectivity index (χ0) is 19.5. The summed E-state index contributed by atoms with van der Waals surface area (Å²) in [5.41, 5.74) is 4.38. The number of nitrogens with one attached hydrogen (secondary N) is 1. The summed E-state index contributed by atoms with van der Waals surface area (Å²) in [7, 11) is 0. The zero-order valence-corrected chi connectivity index (χ0v) is 17.7. The standard InChI is InChI=1S/C22H30N4OS/c1-16-17(2)26(18-9-3-4-10-18)22(23-16)28-15-21(27)24-19-11-5-6-12-20(19)25-13-7-8-14-25/h5-6,11-12,18H,3-4,7-10,13-15H2,1-2H3,(H,24,27). The molecular weight excluding hydrogens is 368 g/mol. The van der Waals surface area contributed by atoms with Gasteiger partial charge in [0, 0.05) is 24.8 Å². The van der Waals surface area contributed by atoms with E-state index >= 15 is 0 Å². The number of hydrogen-bond donors (Lipinski definition) is 1. The lowest BCUT2D eigenvalue weighted by molar-refractivity contribution is -0.113. The Bertz CT molecular complexity index is 835. The summed E-state index contributed by atoms with van der Waals surface area (Å²) in [5, 5.41) is 4.12. The van der Waals surface area contributed by atoms with E-state index in [1.165, 1.54) is 44.2 Å². The fourth-order valence-electron chi connectivity index (χ4n) is 4.42. The third kappa shape index (κ3) is 4.07. The van der Waals surface area contributed by atoms with Crippen molar-refractivity contribution in [2.45, 2.75) is 63.6 Å². The minimum absolute atomic E-state index is 0.0351. The van der Waals surface area contributed by atoms with Crippen LogP contribution in [-0.2, 0) is 4.79 Å². The predicted octanol–water partition coefficient (Wildman–Crippen LogP) is 4.95. The van der Waals surface area contributed by atoms with E-state index in [2.05, 4.69) is 34.7 Å². The van der Waals surface area contributed by atoms with E-state index in [9.17, 15) is 4.79 Å². The SMILES string of the molecule is Cc1nc(SCC(=O)Nc2ccccc2N2CCCC2)n(C2CCCC2)c1C. The van der Waals surface area contributed by atoms with Crippen LogP contribution in [0.5, 0.6) is 0 Å². The molecule has 1 saturated carbocycles. The van der Waals surface area contributed by atoms with Crippen molar-refractivity contribution in [3.63, 3.8) is 0 Å². The molecule has 0 unspecified atom stereocenters. The summed E-state index contributed by atoms with van der Waals surface area (Å²) in [5.74, 6) is 0.421. The van der Waals surface area contributed by atoms with E-state index in [0.29, 0.717) is 11.8 Å². The van der Waals surface area contributed by atoms with Crippen molar-refractivity contribution in [2.24, 2.45) is 0 Å². The molecule has 0 bridgehead atoms. The van der Waals surface area contributed by atoms with Gasteiger partial charge in [-0.2, -0.15) is 0 Å². The Hall–Kier alpha value is -1.95. The van der Waals surface area contributed by atoms with Crippen molar-refractivity contribution in [3.8, 4) is 0 Å². The first-order valence-electron chi connectivity index (χ1n) is 10.5. The van der Waals surface area contributed by atoms with Crippen molar-refractivity contribution in [2.75, 3.05) is 29.1 Å². The minimum Gasteiger partial charge on any atom is -0.370 e. The van der Waals surface area contributed by atoms with Crippen LogP contribution in [0.15, 0.2) is 29.4 Å². The van der Waals surface area contributed by atoms with Gasteiger partial charge < -0.3 is 14.8 Å². The molecule has 0 atom stereocenters. The summed E-state index contributed by atoms with van der Waals surface area (Å²) in [4.78, 5) is 19.8. The maximum Gasteiger partial charge on any atom is 0.234 e. The monoisotopic (exact) mass is 398 g/mol. The molecule has 2 fully saturated rings. The highest BCUT2D eigenvalue weighted by atomic mass is 32.2. The van der Waals surface area contributed by atoms with Gasteiger partial charge >= 0.3 is 0 Å². The Morgan fingerprint density at radius 2 is 1.86 bits per heavy atom. The molecule has 28 heavy (non-hydrogen) atoms. The first kappa shape index (κ1) is 19.4. The van der Waals surface area contributed by atoms with Gasteiger partial charge in [-0.25, -0.2) is 4.98 Å². The summed E-state index contributed by atoms with van der Waals surface area (Å²) in [6.07, 6.45) is 7.47. The van der Waals surface area contributed by atoms with Gasteiger partial charge in [0.2, 0.25) is 5.91 Å². The van der Waals surface area contributed by atoms with Gasteiger partial charge in [0.05, 0.1) is 22.8 Å². The third-order valence-corrected chi connectivity index (χ3v) is 6.95. The number of nitrogens with zero attached hydrogens (tertiary/aromatic N) is 3. The van der Waals surface area contributed by atoms with E-state index in [0.717, 1.165) is 35.3 Å². The second-order valence-corrected chi connectivity index (χ2v) is 8.86. The number of benzene rings is 1. The van der Waals surface area contributed by atoms with Crippen molar-refractivity contribution < 1.29 is 4.79 Å². The Kier molecular flexibility index (Phi) is 5.95. The lowest BCUT2D eigenvalue weighted by Crippen LogP contribution is -2.22. The Balaban J connectivity index is 1.43. The molecule has 6 heteroatoms. The fraction of sp³-hybridized carbons (Fsp3) is 0.545. The number of para-hydroxylation sites is 2. The highest BCUT2D eigenvalue weighted by molar-refractivity contribution is 7.99. The number of carbonyl (C=O) groups excluding carboxylic acids is 1. The molecule has 0 spiro atoms. The lowest BCUT2D eigenvalue weighted by Gasteiger charge is -2.21. The maximum absolute atomic E-state index is 12.7. The van der Waals surface area contributed by atoms with Crippen LogP contribution in [0, 0.1) is 13.8 Å². The van der Waals surface area contributed by atoms with Crippen LogP contribution in [-0.4, -0.2) is 34.3 Å². The molecule has 1 aromatic heterocycles. The Morgan fingerprint density at radius 1 is 1.14 bits per heavy atom. The number of anilines is 2. The van der Waals surface area contributed by atoms with Gasteiger partial charge in [0.1, 0.15) is 0 Å². The second-order valence-electron chi connectivity index (χ2n) is 7.92. The van der Waals surface area contributed by atoms with E-state index in [4.69, 9.17) is 4.98 Å². The van der Waals surface area contributed by atoms with Crippen molar-refractivity contribution in [3.05, 3.63) is 35.7 Å². The van der Waals surface area contributed by atoms with Gasteiger partial charge in [0.25, 0.3) is 0 Å². The lowest BCUT2D eigenvalue weighted by atomic mass is 10.2. The first-order chi connectivity index (χ1) is 13.6. The summed E-state index contributed by atoms with van der Waals surface area (Å²) in [6.45, 7) is 6.35. The van der Waals surface area contributed by atoms with Crippen LogP contribution in [0.4, 0.5) is 11.4 Å². The molecule has 2 heterocycles. The predicted molar refractivity (Wildman–Crippen MR) is 116 cm³/mol. The second kappa shape index (κ2) is 8.60. The van der Waals surface area contributed by atoms with Gasteiger partial charge in [0.15, 0.2) is 5.16 Å². The molecule has 150 valence electrons. The first-order valence-corrected chi connectivity index (χ1v) is 11.4. The molecule has 4 rings (SSSR count). The fourth-order valence-corrected chi connectivity index (χ4v) is 5.38. The highest BCUT2D eigenvalue weighted by Crippen LogP contribution is 2.35. The van der Waals surface area contributed by atoms with Crippen LogP contribution in [0.1, 0.15) is 56.0 Å². The Morgan fingerprint density at radius 3 is 2.61 bits per heavy atom. The topological polar surface area (TPSA) is 50.2 Å². The minimum atomic E-state index is 0.0351. The molecule has 1 aromatic carbocycles. The molecular formula is C22H30N4OS. The van der Waals surface area contributed by atoms with Crippen LogP contribution in [0.25, 0.3) is 0 Å². The number of rotatable bonds is 6. The molecule has 2 aromatic rings. The van der Waals surface area contributed by atoms with E-state index < -0.39 is 0 Å². The summed E-state index contributed by atoms with van der Waals surface area (Å²) in [6, 6.07) is 8.68. The number of aromatic nitrogens is 2. The van der Waals surface area contributed by atoms with Crippen LogP contribution in [0.3, 0.4) is 0 Å². The number of hydrogen-bond acceptors (Lipinski definition) is 4. The van der Waals surface area contributed by atoms with E-state index in [-0.39, 0.29) is 5.91 Å². The average Bonchev–Trinajstić information content (AvgIpc) is 3.44. The van der Waals surface area contributed by atoms with Crippen molar-refractivity contribution in [1.29, 1.82) is 0 Å². The molecule has 1 N–H and O–H groups in total. The smallest absolute Gasteiger partial charge is 0.234 e. The molecule has 2 aliphatic rings. The summed E-state index contributed by atoms with van der Waals surface area (Å²) >= 11 is 1.56. The average molecular weight is 399 g/mol. The molecule has 1 amide bonds. The third-order valence-electron chi connectivity index (χ3n) is 6.00. The maximum atomic E-state index is 12.7. The highest BCUT2D eigenvalue weighted by Gasteiger charge is 2.24. The van der Waals surface area contributed by atoms with Crippen LogP contribution in [0.2, 0.25) is 0 Å². The Labute approximate surface area is 171 Å². The van der Waals surface area contributed by atoms with Gasteiger partial charge in [-0.3, -0.25) is 4.79 Å². The summed E-state index contributed by atoms with van der Waals surface area (Å²) < 4.78 is 2.37. The van der Waals surface area contributed by atoms with Gasteiger partial charge in [-0.1, -0.05) is 36.7 Å².